The van der Waals surface area contributed by atoms with E-state index in [1.165, 1.54) is 11.8 Å². The zero-order valence-corrected chi connectivity index (χ0v) is 24.9. The first-order valence-corrected chi connectivity index (χ1v) is 14.5. The summed E-state index contributed by atoms with van der Waals surface area (Å²) in [6.07, 6.45) is 0. The number of rotatable bonds is 10. The van der Waals surface area contributed by atoms with E-state index in [2.05, 4.69) is 15.3 Å². The third kappa shape index (κ3) is 7.01. The van der Waals surface area contributed by atoms with Gasteiger partial charge in [-0.05, 0) is 67.4 Å². The number of thioether (sulfide) groups is 1. The van der Waals surface area contributed by atoms with Gasteiger partial charge in [0.25, 0.3) is 5.91 Å². The van der Waals surface area contributed by atoms with E-state index < -0.39 is 6.04 Å². The molecule has 1 N–H and O–H groups in total. The third-order valence-corrected chi connectivity index (χ3v) is 7.56. The number of anilines is 2. The Balaban J connectivity index is 1.50. The van der Waals surface area contributed by atoms with Crippen LogP contribution in [0.1, 0.15) is 28.6 Å². The van der Waals surface area contributed by atoms with Gasteiger partial charge in [0.1, 0.15) is 6.04 Å². The van der Waals surface area contributed by atoms with E-state index in [0.717, 1.165) is 22.6 Å². The largest absolute Gasteiger partial charge is 0.454 e. The van der Waals surface area contributed by atoms with Crippen molar-refractivity contribution >= 4 is 35.0 Å². The van der Waals surface area contributed by atoms with Crippen LogP contribution in [0.3, 0.4) is 0 Å². The number of hydrogen-bond donors (Lipinski definition) is 1. The van der Waals surface area contributed by atoms with Gasteiger partial charge in [0.2, 0.25) is 12.7 Å². The van der Waals surface area contributed by atoms with Crippen LogP contribution in [0.2, 0.25) is 0 Å². The summed E-state index contributed by atoms with van der Waals surface area (Å²) in [4.78, 5) is 40.7. The molecule has 0 aliphatic carbocycles. The number of hydrogen-bond acceptors (Lipinski definition) is 8. The highest BCUT2D eigenvalue weighted by Gasteiger charge is 2.33. The predicted molar refractivity (Wildman–Crippen MR) is 164 cm³/mol. The van der Waals surface area contributed by atoms with Gasteiger partial charge in [-0.3, -0.25) is 9.59 Å². The molecule has 3 aromatic carbocycles. The number of benzene rings is 3. The molecule has 0 fully saturated rings. The third-order valence-electron chi connectivity index (χ3n) is 6.73. The van der Waals surface area contributed by atoms with Crippen LogP contribution in [-0.4, -0.2) is 53.3 Å². The zero-order valence-electron chi connectivity index (χ0n) is 24.0. The number of aromatic nitrogens is 2. The first kappa shape index (κ1) is 28.9. The fourth-order valence-corrected chi connectivity index (χ4v) is 5.52. The lowest BCUT2D eigenvalue weighted by Crippen LogP contribution is -2.41. The van der Waals surface area contributed by atoms with Gasteiger partial charge in [-0.2, -0.15) is 0 Å². The number of ether oxygens (including phenoxy) is 2. The molecule has 1 atom stereocenters. The quantitative estimate of drug-likeness (QED) is 0.196. The van der Waals surface area contributed by atoms with Crippen molar-refractivity contribution in [3.8, 4) is 11.5 Å². The highest BCUT2D eigenvalue weighted by atomic mass is 32.2. The second-order valence-electron chi connectivity index (χ2n) is 10.2. The molecule has 42 heavy (non-hydrogen) atoms. The van der Waals surface area contributed by atoms with Crippen LogP contribution in [0.5, 0.6) is 11.5 Å². The average molecular weight is 584 g/mol. The molecular weight excluding hydrogens is 550 g/mol. The highest BCUT2D eigenvalue weighted by molar-refractivity contribution is 7.99. The average Bonchev–Trinajstić information content (AvgIpc) is 3.44. The van der Waals surface area contributed by atoms with Crippen molar-refractivity contribution in [2.45, 2.75) is 31.6 Å². The van der Waals surface area contributed by atoms with Crippen LogP contribution in [0.15, 0.2) is 84.0 Å². The van der Waals surface area contributed by atoms with Crippen molar-refractivity contribution in [3.05, 3.63) is 101 Å². The Morgan fingerprint density at radius 3 is 2.29 bits per heavy atom. The van der Waals surface area contributed by atoms with Gasteiger partial charge < -0.3 is 24.6 Å². The minimum Gasteiger partial charge on any atom is -0.454 e. The van der Waals surface area contributed by atoms with Crippen molar-refractivity contribution in [1.82, 2.24) is 14.9 Å². The van der Waals surface area contributed by atoms with E-state index in [9.17, 15) is 9.59 Å². The van der Waals surface area contributed by atoms with Gasteiger partial charge in [0.05, 0.1) is 5.75 Å². The minimum atomic E-state index is -0.957. The molecule has 5 rings (SSSR count). The molecule has 216 valence electrons. The summed E-state index contributed by atoms with van der Waals surface area (Å²) < 4.78 is 11.1. The number of nitrogens with zero attached hydrogens (tertiary/aromatic N) is 4. The van der Waals surface area contributed by atoms with Crippen molar-refractivity contribution in [2.75, 3.05) is 36.9 Å². The molecule has 1 aliphatic heterocycles. The van der Waals surface area contributed by atoms with Crippen LogP contribution in [0.4, 0.5) is 11.4 Å². The van der Waals surface area contributed by atoms with Crippen molar-refractivity contribution in [3.63, 3.8) is 0 Å². The van der Waals surface area contributed by atoms with Gasteiger partial charge in [-0.1, -0.05) is 48.2 Å². The normalized spacial score (nSPS) is 12.5. The SMILES string of the molecule is Cc1cc(C)nc(SCC(=O)N(Cc2ccccc2)[C@H](C(=O)Nc2ccc(N(C)C)cc2)c2ccc3c(c2)OCO3)n1. The molecule has 0 spiro atoms. The first-order valence-electron chi connectivity index (χ1n) is 13.5. The monoisotopic (exact) mass is 583 g/mol. The van der Waals surface area contributed by atoms with E-state index in [1.807, 2.05) is 93.5 Å². The van der Waals surface area contributed by atoms with Crippen LogP contribution >= 0.6 is 11.8 Å². The predicted octanol–water partition coefficient (Wildman–Crippen LogP) is 5.39. The Labute approximate surface area is 249 Å². The fraction of sp³-hybridized carbons (Fsp3) is 0.250. The summed E-state index contributed by atoms with van der Waals surface area (Å²) in [6, 6.07) is 23.5. The summed E-state index contributed by atoms with van der Waals surface area (Å²) in [6.45, 7) is 4.12. The molecule has 9 nitrogen and oxygen atoms in total. The van der Waals surface area contributed by atoms with E-state index >= 15 is 0 Å². The Morgan fingerprint density at radius 2 is 1.60 bits per heavy atom. The standard InChI is InChI=1S/C32H33N5O4S/c1-21-16-22(2)34-32(33-21)42-19-29(38)37(18-23-8-6-5-7-9-23)30(24-10-15-27-28(17-24)41-20-40-27)31(39)35-25-11-13-26(14-12-25)36(3)4/h5-17,30H,18-20H2,1-4H3,(H,35,39)/t30-/m0/s1. The molecule has 10 heteroatoms. The maximum absolute atomic E-state index is 14.1. The van der Waals surface area contributed by atoms with Gasteiger partial charge in [-0.15, -0.1) is 0 Å². The molecule has 0 saturated carbocycles. The molecule has 1 aromatic heterocycles. The number of aryl methyl sites for hydroxylation is 2. The molecule has 2 heterocycles. The molecule has 2 amide bonds. The van der Waals surface area contributed by atoms with Crippen LogP contribution < -0.4 is 19.7 Å². The van der Waals surface area contributed by atoms with Gasteiger partial charge >= 0.3 is 0 Å². The Bertz CT molecular complexity index is 1540. The maximum atomic E-state index is 14.1. The smallest absolute Gasteiger partial charge is 0.251 e. The lowest BCUT2D eigenvalue weighted by molar-refractivity contribution is -0.137. The summed E-state index contributed by atoms with van der Waals surface area (Å²) >= 11 is 1.25. The zero-order chi connectivity index (χ0) is 29.6. The Hall–Kier alpha value is -4.57. The van der Waals surface area contributed by atoms with E-state index in [1.54, 1.807) is 23.1 Å². The lowest BCUT2D eigenvalue weighted by Gasteiger charge is -2.31. The Morgan fingerprint density at radius 1 is 0.905 bits per heavy atom. The second-order valence-corrected chi connectivity index (χ2v) is 11.1. The molecule has 0 unspecified atom stereocenters. The fourth-order valence-electron chi connectivity index (χ4n) is 4.68. The van der Waals surface area contributed by atoms with Crippen molar-refractivity contribution in [2.24, 2.45) is 0 Å². The second kappa shape index (κ2) is 12.9. The molecule has 4 aromatic rings. The lowest BCUT2D eigenvalue weighted by atomic mass is 10.0. The van der Waals surface area contributed by atoms with Gasteiger partial charge in [-0.25, -0.2) is 9.97 Å². The summed E-state index contributed by atoms with van der Waals surface area (Å²) in [5, 5.41) is 3.55. The number of carbonyl (C=O) groups is 2. The summed E-state index contributed by atoms with van der Waals surface area (Å²) in [5.41, 5.74) is 4.80. The van der Waals surface area contributed by atoms with Crippen LogP contribution in [0, 0.1) is 13.8 Å². The molecule has 0 saturated heterocycles. The number of fused-ring (bicyclic) bond motifs is 1. The molecule has 0 bridgehead atoms. The van der Waals surface area contributed by atoms with Gasteiger partial charge in [0, 0.05) is 43.4 Å². The van der Waals surface area contributed by atoms with Crippen LogP contribution in [-0.2, 0) is 16.1 Å². The molecule has 0 radical (unpaired) electrons. The minimum absolute atomic E-state index is 0.0571. The first-order chi connectivity index (χ1) is 20.3. The number of amides is 2. The van der Waals surface area contributed by atoms with E-state index in [-0.39, 0.29) is 30.9 Å². The topological polar surface area (TPSA) is 96.9 Å². The van der Waals surface area contributed by atoms with E-state index in [0.29, 0.717) is 27.9 Å². The maximum Gasteiger partial charge on any atom is 0.251 e. The van der Waals surface area contributed by atoms with E-state index in [4.69, 9.17) is 9.47 Å². The van der Waals surface area contributed by atoms with Crippen LogP contribution in [0.25, 0.3) is 0 Å². The number of carbonyl (C=O) groups excluding carboxylic acids is 2. The summed E-state index contributed by atoms with van der Waals surface area (Å²) in [7, 11) is 3.91. The summed E-state index contributed by atoms with van der Waals surface area (Å²) in [5.74, 6) is 0.615. The Kier molecular flexibility index (Phi) is 8.92. The highest BCUT2D eigenvalue weighted by Crippen LogP contribution is 2.37. The van der Waals surface area contributed by atoms with Crippen molar-refractivity contribution < 1.29 is 19.1 Å². The molecular formula is C32H33N5O4S. The molecule has 1 aliphatic rings. The van der Waals surface area contributed by atoms with Crippen molar-refractivity contribution in [1.29, 1.82) is 0 Å². The number of nitrogens with one attached hydrogen (secondary N) is 1. The van der Waals surface area contributed by atoms with Gasteiger partial charge in [0.15, 0.2) is 16.7 Å².